The van der Waals surface area contributed by atoms with E-state index in [4.69, 9.17) is 24.1 Å². The molecule has 466 valence electrons. The minimum absolute atomic E-state index is 0. The molecule has 0 aliphatic rings. The Labute approximate surface area is 487 Å². The average molecular weight is 1160 g/mol. The second kappa shape index (κ2) is 50.9. The van der Waals surface area contributed by atoms with E-state index < -0.39 is 26.0 Å². The normalized spacial score (nSPS) is 13.6. The molecule has 0 amide bonds. The Kier molecular flexibility index (Phi) is 53.3. The van der Waals surface area contributed by atoms with Crippen molar-refractivity contribution in [3.05, 3.63) is 59.7 Å². The van der Waals surface area contributed by atoms with Gasteiger partial charge in [0, 0.05) is 62.7 Å². The number of carbonyl (C=O) groups excluding carboxylic acids is 1. The van der Waals surface area contributed by atoms with Gasteiger partial charge in [-0.05, 0) is 113 Å². The zero-order chi connectivity index (χ0) is 60.1. The van der Waals surface area contributed by atoms with E-state index in [1.807, 2.05) is 41.5 Å². The Balaban J connectivity index is -0.000000467. The number of Topliss-reactive ketones (excluding diaryl/α,β-unsaturated/α-hetero) is 1. The number of carboxylic acid groups (broad SMARTS) is 1. The Bertz CT molecular complexity index is 1940. The highest BCUT2D eigenvalue weighted by molar-refractivity contribution is 7.89. The molecule has 0 aromatic heterocycles. The highest BCUT2D eigenvalue weighted by Crippen LogP contribution is 2.21. The van der Waals surface area contributed by atoms with Crippen molar-refractivity contribution in [1.82, 2.24) is 8.61 Å². The maximum Gasteiger partial charge on any atom is 0.335 e. The first-order valence-corrected chi connectivity index (χ1v) is 33.2. The van der Waals surface area contributed by atoms with Crippen LogP contribution in [0.25, 0.3) is 0 Å². The van der Waals surface area contributed by atoms with Crippen LogP contribution in [-0.4, -0.2) is 120 Å². The largest absolute Gasteiger partial charge is 0.478 e. The summed E-state index contributed by atoms with van der Waals surface area (Å²) in [4.78, 5) is 23.0. The number of carbonyl (C=O) groups is 2. The number of aromatic carboxylic acids is 1. The van der Waals surface area contributed by atoms with Gasteiger partial charge in [0.15, 0.2) is 5.78 Å². The number of ketones is 1. The summed E-state index contributed by atoms with van der Waals surface area (Å²) in [5.41, 5.74) is 0.637. The molecule has 0 radical (unpaired) electrons. The molecule has 0 aliphatic heterocycles. The van der Waals surface area contributed by atoms with Gasteiger partial charge in [-0.15, -0.1) is 0 Å². The minimum Gasteiger partial charge on any atom is -0.478 e. The molecule has 0 fully saturated rings. The van der Waals surface area contributed by atoms with Gasteiger partial charge in [0.05, 0.1) is 54.0 Å². The summed E-state index contributed by atoms with van der Waals surface area (Å²) >= 11 is 0. The van der Waals surface area contributed by atoms with Crippen molar-refractivity contribution in [2.75, 3.05) is 65.8 Å². The molecule has 2 aromatic carbocycles. The Morgan fingerprint density at radius 2 is 0.873 bits per heavy atom. The Hall–Kier alpha value is -2.76. The van der Waals surface area contributed by atoms with Crippen molar-refractivity contribution in [1.29, 1.82) is 0 Å². The van der Waals surface area contributed by atoms with E-state index in [-0.39, 0.29) is 34.5 Å². The van der Waals surface area contributed by atoms with E-state index in [2.05, 4.69) is 83.1 Å². The number of nitrogens with zero attached hydrogens (tertiary/aromatic N) is 2. The standard InChI is InChI=1S/C18H38O2.C16H25NO3S.C13H19NO4S.C13H28O2.C3H8.CH4/c1-6-11-16(8-3)13-19-14-17(9-4)15-20-18(10-5)12-7-2;1-5-11-17(12-6-2)21(19,20)15-9-7-14(8-10-15)16(18)13(3)4;1-3-9-14(10-4-2)19(17,18)12-7-5-11(6-8-12)13(15)16;1-6-11(3)8-14-9-12(4)10-15-13(5)7-2;1-3-2;/h16-18H,6-15H2,1-5H3;7-10,13H,5-6,11-12H2,1-4H3;5-8H,3-4,9-10H2,1-2H3,(H,15,16);11-13H,6-10H2,1-5H3;3H2,1-2H3;1H4. The summed E-state index contributed by atoms with van der Waals surface area (Å²) < 4.78 is 76.1. The summed E-state index contributed by atoms with van der Waals surface area (Å²) in [7, 11) is -6.99. The van der Waals surface area contributed by atoms with Crippen LogP contribution in [0.15, 0.2) is 58.3 Å². The number of rotatable bonds is 38. The topological polar surface area (TPSA) is 166 Å². The van der Waals surface area contributed by atoms with Crippen molar-refractivity contribution < 1.29 is 50.5 Å². The molecule has 0 aliphatic carbocycles. The number of benzene rings is 2. The fourth-order valence-corrected chi connectivity index (χ4v) is 10.7. The fourth-order valence-electron chi connectivity index (χ4n) is 7.48. The first kappa shape index (κ1) is 82.7. The summed E-state index contributed by atoms with van der Waals surface area (Å²) in [6.45, 7) is 44.9. The third kappa shape index (κ3) is 37.9. The highest BCUT2D eigenvalue weighted by atomic mass is 32.2. The predicted octanol–water partition coefficient (Wildman–Crippen LogP) is 16.5. The lowest BCUT2D eigenvalue weighted by molar-refractivity contribution is -0.0119. The van der Waals surface area contributed by atoms with E-state index in [1.165, 1.54) is 90.0 Å². The van der Waals surface area contributed by atoms with E-state index in [9.17, 15) is 26.4 Å². The van der Waals surface area contributed by atoms with E-state index in [0.29, 0.717) is 61.7 Å². The summed E-state index contributed by atoms with van der Waals surface area (Å²) in [6, 6.07) is 11.6. The van der Waals surface area contributed by atoms with Crippen LogP contribution in [0.3, 0.4) is 0 Å². The van der Waals surface area contributed by atoms with Gasteiger partial charge in [-0.2, -0.15) is 8.61 Å². The number of carboxylic acids is 1. The van der Waals surface area contributed by atoms with Crippen molar-refractivity contribution >= 4 is 31.8 Å². The SMILES string of the molecule is C.CCC.CCC(C)COCC(C)COC(C)CC.CCCC(CC)COCC(CC)COC(CC)CCC.CCCN(CCC)S(=O)(=O)c1ccc(C(=O)C(C)C)cc1.CCCN(CCC)S(=O)(=O)c1ccc(C(=O)O)cc1. The van der Waals surface area contributed by atoms with Crippen molar-refractivity contribution in [2.45, 2.75) is 244 Å². The quantitative estimate of drug-likeness (QED) is 0.0636. The third-order valence-electron chi connectivity index (χ3n) is 12.9. The molecule has 79 heavy (non-hydrogen) atoms. The van der Waals surface area contributed by atoms with E-state index >= 15 is 0 Å². The first-order valence-electron chi connectivity index (χ1n) is 30.4. The monoisotopic (exact) mass is 1160 g/mol. The first-order chi connectivity index (χ1) is 37.0. The fraction of sp³-hybridized carbons (Fsp3) is 0.781. The lowest BCUT2D eigenvalue weighted by Gasteiger charge is -2.21. The molecule has 0 saturated heterocycles. The highest BCUT2D eigenvalue weighted by Gasteiger charge is 2.25. The summed E-state index contributed by atoms with van der Waals surface area (Å²) in [5.74, 6) is 1.34. The number of hydrogen-bond acceptors (Lipinski definition) is 10. The number of sulfonamides is 2. The van der Waals surface area contributed by atoms with Gasteiger partial charge in [0.25, 0.3) is 0 Å². The lowest BCUT2D eigenvalue weighted by Crippen LogP contribution is -2.32. The van der Waals surface area contributed by atoms with Gasteiger partial charge >= 0.3 is 5.97 Å². The van der Waals surface area contributed by atoms with E-state index in [0.717, 1.165) is 90.5 Å². The van der Waals surface area contributed by atoms with Gasteiger partial charge in [0.1, 0.15) is 0 Å². The number of hydrogen-bond donors (Lipinski definition) is 1. The Morgan fingerprint density at radius 1 is 0.468 bits per heavy atom. The van der Waals surface area contributed by atoms with Gasteiger partial charge in [-0.3, -0.25) is 4.79 Å². The molecule has 2 aromatic rings. The van der Waals surface area contributed by atoms with Crippen molar-refractivity contribution in [3.8, 4) is 0 Å². The van der Waals surface area contributed by atoms with Crippen LogP contribution >= 0.6 is 0 Å². The molecule has 15 heteroatoms. The van der Waals surface area contributed by atoms with E-state index in [1.54, 1.807) is 12.1 Å². The van der Waals surface area contributed by atoms with Gasteiger partial charge in [0.2, 0.25) is 20.0 Å². The zero-order valence-corrected chi connectivity index (χ0v) is 54.5. The molecule has 0 spiro atoms. The summed E-state index contributed by atoms with van der Waals surface area (Å²) in [5, 5.41) is 8.80. The summed E-state index contributed by atoms with van der Waals surface area (Å²) in [6.07, 6.45) is 15.8. The number of ether oxygens (including phenoxy) is 4. The van der Waals surface area contributed by atoms with Crippen LogP contribution in [0.5, 0.6) is 0 Å². The van der Waals surface area contributed by atoms with Gasteiger partial charge < -0.3 is 24.1 Å². The molecular formula is C64H122N2O11S2. The molecule has 0 saturated carbocycles. The zero-order valence-electron chi connectivity index (χ0n) is 52.9. The lowest BCUT2D eigenvalue weighted by atomic mass is 10.0. The maximum absolute atomic E-state index is 12.6. The average Bonchev–Trinajstić information content (AvgIpc) is 3.42. The minimum atomic E-state index is -3.53. The molecule has 1 N–H and O–H groups in total. The maximum atomic E-state index is 12.6. The Morgan fingerprint density at radius 3 is 1.23 bits per heavy atom. The van der Waals surface area contributed by atoms with Gasteiger partial charge in [-0.25, -0.2) is 21.6 Å². The van der Waals surface area contributed by atoms with Crippen LogP contribution in [0.4, 0.5) is 0 Å². The van der Waals surface area contributed by atoms with Crippen LogP contribution in [-0.2, 0) is 39.0 Å². The van der Waals surface area contributed by atoms with Crippen LogP contribution in [0.1, 0.15) is 243 Å². The molecular weight excluding hydrogens is 1040 g/mol. The molecule has 2 rings (SSSR count). The third-order valence-corrected chi connectivity index (χ3v) is 16.7. The van der Waals surface area contributed by atoms with Crippen molar-refractivity contribution in [3.63, 3.8) is 0 Å². The van der Waals surface area contributed by atoms with Crippen LogP contribution in [0.2, 0.25) is 0 Å². The van der Waals surface area contributed by atoms with Crippen LogP contribution < -0.4 is 0 Å². The molecule has 0 heterocycles. The molecule has 0 bridgehead atoms. The van der Waals surface area contributed by atoms with Crippen molar-refractivity contribution in [2.24, 2.45) is 29.6 Å². The molecule has 6 unspecified atom stereocenters. The second-order valence-electron chi connectivity index (χ2n) is 21.1. The molecule has 6 atom stereocenters. The second-order valence-corrected chi connectivity index (χ2v) is 25.0. The van der Waals surface area contributed by atoms with Gasteiger partial charge in [-0.1, -0.05) is 169 Å². The van der Waals surface area contributed by atoms with Crippen LogP contribution in [0, 0.1) is 29.6 Å². The smallest absolute Gasteiger partial charge is 0.335 e. The molecule has 13 nitrogen and oxygen atoms in total. The predicted molar refractivity (Wildman–Crippen MR) is 334 cm³/mol.